The van der Waals surface area contributed by atoms with Gasteiger partial charge in [0.1, 0.15) is 23.7 Å². The molecule has 0 radical (unpaired) electrons. The summed E-state index contributed by atoms with van der Waals surface area (Å²) in [5.74, 6) is 3.93. The third-order valence-electron chi connectivity index (χ3n) is 16.1. The second-order valence-electron chi connectivity index (χ2n) is 20.4. The number of ether oxygens (including phenoxy) is 3. The van der Waals surface area contributed by atoms with Crippen molar-refractivity contribution in [2.45, 2.75) is 113 Å². The minimum Gasteiger partial charge on any atom is -0.488 e. The van der Waals surface area contributed by atoms with Crippen molar-refractivity contribution in [1.29, 1.82) is 0 Å². The van der Waals surface area contributed by atoms with Gasteiger partial charge in [-0.05, 0) is 131 Å². The van der Waals surface area contributed by atoms with Gasteiger partial charge in [-0.1, -0.05) is 84.9 Å². The van der Waals surface area contributed by atoms with E-state index in [0.717, 1.165) is 42.7 Å². The van der Waals surface area contributed by atoms with Gasteiger partial charge in [-0.15, -0.1) is 0 Å². The smallest absolute Gasteiger partial charge is 0.412 e. The lowest BCUT2D eigenvalue weighted by molar-refractivity contribution is -0.132. The van der Waals surface area contributed by atoms with Crippen molar-refractivity contribution in [3.63, 3.8) is 0 Å². The highest BCUT2D eigenvalue weighted by molar-refractivity contribution is 5.85. The molecule has 0 heterocycles. The Labute approximate surface area is 361 Å². The van der Waals surface area contributed by atoms with E-state index in [1.54, 1.807) is 6.92 Å². The van der Waals surface area contributed by atoms with Crippen molar-refractivity contribution in [1.82, 2.24) is 0 Å². The Morgan fingerprint density at radius 1 is 0.516 bits per heavy atom. The van der Waals surface area contributed by atoms with Crippen LogP contribution < -0.4 is 14.8 Å². The van der Waals surface area contributed by atoms with E-state index in [9.17, 15) is 9.59 Å². The second-order valence-corrected chi connectivity index (χ2v) is 20.4. The van der Waals surface area contributed by atoms with Crippen LogP contribution in [-0.4, -0.2) is 17.7 Å². The van der Waals surface area contributed by atoms with E-state index >= 15 is 0 Å². The normalized spacial score (nSPS) is 25.7. The summed E-state index contributed by atoms with van der Waals surface area (Å²) in [7, 11) is 0. The molecule has 0 aromatic heterocycles. The van der Waals surface area contributed by atoms with Gasteiger partial charge in [-0.2, -0.15) is 0 Å². The molecule has 62 heavy (non-hydrogen) atoms. The van der Waals surface area contributed by atoms with E-state index in [1.807, 2.05) is 45.0 Å². The molecule has 0 saturated carbocycles. The quantitative estimate of drug-likeness (QED) is 0.139. The first-order valence-corrected chi connectivity index (χ1v) is 22.7. The molecule has 6 heteroatoms. The van der Waals surface area contributed by atoms with Gasteiger partial charge in [0.2, 0.25) is 0 Å². The van der Waals surface area contributed by atoms with Gasteiger partial charge in [-0.3, -0.25) is 10.1 Å². The van der Waals surface area contributed by atoms with Crippen molar-refractivity contribution in [3.05, 3.63) is 192 Å². The Morgan fingerprint density at radius 3 is 1.27 bits per heavy atom. The second kappa shape index (κ2) is 12.1. The zero-order valence-electron chi connectivity index (χ0n) is 35.4. The largest absolute Gasteiger partial charge is 0.488 e. The van der Waals surface area contributed by atoms with Crippen LogP contribution in [0.2, 0.25) is 0 Å². The molecular formula is C56H47NO5. The molecule has 6 nitrogen and oxygen atoms in total. The first-order chi connectivity index (χ1) is 30.1. The minimum atomic E-state index is -0.584. The summed E-state index contributed by atoms with van der Waals surface area (Å²) >= 11 is 0. The first kappa shape index (κ1) is 35.5. The molecule has 14 rings (SSSR count). The van der Waals surface area contributed by atoms with E-state index in [0.29, 0.717) is 36.0 Å². The fourth-order valence-electron chi connectivity index (χ4n) is 14.1. The third kappa shape index (κ3) is 4.65. The number of carbonyl (C=O) groups excluding carboxylic acids is 2. The zero-order valence-corrected chi connectivity index (χ0v) is 35.4. The molecule has 0 spiro atoms. The van der Waals surface area contributed by atoms with Gasteiger partial charge in [0.15, 0.2) is 0 Å². The van der Waals surface area contributed by atoms with Crippen LogP contribution >= 0.6 is 0 Å². The highest BCUT2D eigenvalue weighted by Crippen LogP contribution is 2.71. The Kier molecular flexibility index (Phi) is 6.90. The van der Waals surface area contributed by atoms with Crippen LogP contribution in [0, 0.1) is 0 Å². The number of amides is 1. The predicted molar refractivity (Wildman–Crippen MR) is 237 cm³/mol. The maximum atomic E-state index is 13.3. The lowest BCUT2D eigenvalue weighted by Crippen LogP contribution is -2.27. The summed E-state index contributed by atoms with van der Waals surface area (Å²) < 4.78 is 19.3. The molecule has 1 amide bonds. The van der Waals surface area contributed by atoms with E-state index in [1.165, 1.54) is 89.0 Å². The van der Waals surface area contributed by atoms with Crippen LogP contribution in [0.25, 0.3) is 0 Å². The predicted octanol–water partition coefficient (Wildman–Crippen LogP) is 12.5. The van der Waals surface area contributed by atoms with E-state index in [2.05, 4.69) is 78.1 Å². The molecule has 306 valence electrons. The summed E-state index contributed by atoms with van der Waals surface area (Å²) in [6.07, 6.45) is 3.77. The number of fused-ring (bicyclic) bond motifs is 32. The molecule has 0 unspecified atom stereocenters. The van der Waals surface area contributed by atoms with Crippen LogP contribution in [0.3, 0.4) is 0 Å². The summed E-state index contributed by atoms with van der Waals surface area (Å²) in [4.78, 5) is 25.9. The summed E-state index contributed by atoms with van der Waals surface area (Å²) in [6, 6.07) is 36.2. The van der Waals surface area contributed by atoms with Gasteiger partial charge >= 0.3 is 12.1 Å². The van der Waals surface area contributed by atoms with Crippen LogP contribution in [-0.2, 0) is 16.1 Å². The van der Waals surface area contributed by atoms with Crippen molar-refractivity contribution in [2.75, 3.05) is 5.32 Å². The number of nitrogens with one attached hydrogen (secondary N) is 1. The number of rotatable bonds is 5. The van der Waals surface area contributed by atoms with Gasteiger partial charge < -0.3 is 14.2 Å². The Morgan fingerprint density at radius 2 is 0.887 bits per heavy atom. The molecule has 0 aliphatic heterocycles. The van der Waals surface area contributed by atoms with E-state index < -0.39 is 11.7 Å². The maximum absolute atomic E-state index is 13.3. The molecule has 6 aromatic rings. The highest BCUT2D eigenvalue weighted by atomic mass is 16.6. The van der Waals surface area contributed by atoms with Gasteiger partial charge in [0.25, 0.3) is 0 Å². The van der Waals surface area contributed by atoms with Crippen molar-refractivity contribution < 1.29 is 23.8 Å². The van der Waals surface area contributed by atoms with E-state index in [4.69, 9.17) is 14.2 Å². The fourth-order valence-corrected chi connectivity index (χ4v) is 14.1. The summed E-state index contributed by atoms with van der Waals surface area (Å²) in [5, 5.41) is 2.87. The monoisotopic (exact) mass is 813 g/mol. The number of hydrogen-bond acceptors (Lipinski definition) is 5. The maximum Gasteiger partial charge on any atom is 0.412 e. The number of esters is 1. The average Bonchev–Trinajstić information content (AvgIpc) is 4.13. The van der Waals surface area contributed by atoms with Gasteiger partial charge in [-0.25, -0.2) is 4.79 Å². The van der Waals surface area contributed by atoms with Crippen molar-refractivity contribution >= 4 is 17.7 Å². The molecule has 8 atom stereocenters. The van der Waals surface area contributed by atoms with Crippen LogP contribution in [0.1, 0.15) is 195 Å². The Balaban J connectivity index is 0.903. The zero-order chi connectivity index (χ0) is 41.5. The molecular weight excluding hydrogens is 767 g/mol. The molecule has 6 aromatic carbocycles. The standard InChI is InChI=1S/C56H47NO5/c1-26(58)61-54-51-47-23-45(41-19-37-33-17-35(39(37)21-43(41)47)31-11-7-5-9-29(31)33)49(51)53(60-25-27-13-15-28(16-14-27)57-55(59)62-56(2,3)4)50-46-24-48(52(50)54)44-22-40-36-18-34(38(40)20-42(44)46)30-10-6-8-12-32(30)36/h5-16,19-22,33-36,45-48H,17-18,23-25H2,1-4H3,(H,57,59)/t33-,34+,35+,36-,45-,46+,47+,48-. The van der Waals surface area contributed by atoms with E-state index in [-0.39, 0.29) is 29.6 Å². The molecule has 0 saturated heterocycles. The van der Waals surface area contributed by atoms with Gasteiger partial charge in [0, 0.05) is 82.2 Å². The fraction of sp³-hybridized carbons (Fsp3) is 0.321. The molecule has 0 fully saturated rings. The first-order valence-electron chi connectivity index (χ1n) is 22.7. The summed E-state index contributed by atoms with van der Waals surface area (Å²) in [5.41, 5.74) is 23.6. The Hall–Kier alpha value is -6.14. The SMILES string of the molecule is CC(=O)Oc1c2c(c(OCc3ccc(NC(=O)OC(C)(C)C)cc3)c3c1[C@H]1C[C@@H]3c3cc4c(cc31)[C@H]1C[C@@H]4c3ccccc31)[C@H]1C[C@@H]2c2cc3c(cc21)[C@H]1C[C@@H]3c2ccccc21. The van der Waals surface area contributed by atoms with Crippen LogP contribution in [0.4, 0.5) is 10.5 Å². The van der Waals surface area contributed by atoms with Crippen LogP contribution in [0.5, 0.6) is 11.5 Å². The van der Waals surface area contributed by atoms with Gasteiger partial charge in [0.05, 0.1) is 0 Å². The number of carbonyl (C=O) groups is 2. The molecule has 8 aliphatic carbocycles. The summed E-state index contributed by atoms with van der Waals surface area (Å²) in [6.45, 7) is 7.52. The van der Waals surface area contributed by atoms with Crippen molar-refractivity contribution in [3.8, 4) is 11.5 Å². The third-order valence-corrected chi connectivity index (χ3v) is 16.1. The minimum absolute atomic E-state index is 0.135. The molecule has 8 aliphatic rings. The number of benzene rings is 6. The number of hydrogen-bond donors (Lipinski definition) is 1. The lowest BCUT2D eigenvalue weighted by Gasteiger charge is -2.33. The highest BCUT2D eigenvalue weighted by Gasteiger charge is 2.55. The number of anilines is 1. The molecule has 8 bridgehead atoms. The topological polar surface area (TPSA) is 73.9 Å². The lowest BCUT2D eigenvalue weighted by atomic mass is 9.74. The van der Waals surface area contributed by atoms with Crippen molar-refractivity contribution in [2.24, 2.45) is 0 Å². The average molecular weight is 814 g/mol. The molecule has 1 N–H and O–H groups in total. The van der Waals surface area contributed by atoms with Crippen LogP contribution in [0.15, 0.2) is 97.1 Å². The Bertz CT molecular complexity index is 2890.